The molecule has 0 spiro atoms. The fourth-order valence-corrected chi connectivity index (χ4v) is 3.30. The van der Waals surface area contributed by atoms with Crippen molar-refractivity contribution in [2.24, 2.45) is 7.05 Å². The second kappa shape index (κ2) is 5.59. The molecule has 25 heavy (non-hydrogen) atoms. The van der Waals surface area contributed by atoms with Crippen LogP contribution in [-0.4, -0.2) is 36.9 Å². The number of rotatable bonds is 2. The SMILES string of the molecule is CCc1ccc(N2CC(O)Cn3c2nc2c3c(=O)[nH]c(=O)n2C)cc1. The van der Waals surface area contributed by atoms with Gasteiger partial charge < -0.3 is 14.6 Å². The molecule has 0 amide bonds. The molecular formula is C17H19N5O3. The third-order valence-corrected chi connectivity index (χ3v) is 4.67. The number of aliphatic hydroxyl groups excluding tert-OH is 1. The Bertz CT molecular complexity index is 1060. The van der Waals surface area contributed by atoms with Crippen LogP contribution in [0.15, 0.2) is 33.9 Å². The van der Waals surface area contributed by atoms with E-state index in [4.69, 9.17) is 0 Å². The second-order valence-corrected chi connectivity index (χ2v) is 6.30. The quantitative estimate of drug-likeness (QED) is 0.707. The van der Waals surface area contributed by atoms with Gasteiger partial charge in [0.2, 0.25) is 5.95 Å². The van der Waals surface area contributed by atoms with E-state index in [2.05, 4.69) is 16.9 Å². The highest BCUT2D eigenvalue weighted by Gasteiger charge is 2.29. The van der Waals surface area contributed by atoms with Gasteiger partial charge in [0.15, 0.2) is 11.2 Å². The maximum absolute atomic E-state index is 12.3. The summed E-state index contributed by atoms with van der Waals surface area (Å²) in [5, 5.41) is 10.3. The summed E-state index contributed by atoms with van der Waals surface area (Å²) in [7, 11) is 1.57. The lowest BCUT2D eigenvalue weighted by Crippen LogP contribution is -2.39. The third-order valence-electron chi connectivity index (χ3n) is 4.67. The predicted molar refractivity (Wildman–Crippen MR) is 94.4 cm³/mol. The number of hydrogen-bond acceptors (Lipinski definition) is 5. The van der Waals surface area contributed by atoms with Crippen LogP contribution in [0.25, 0.3) is 11.2 Å². The number of aromatic amines is 1. The standard InChI is InChI=1S/C17H19N5O3/c1-3-10-4-6-11(7-5-10)21-8-12(23)9-22-13-14(18-16(21)22)20(2)17(25)19-15(13)24/h4-7,12,23H,3,8-9H2,1-2H3,(H,19,24,25). The number of fused-ring (bicyclic) bond motifs is 3. The van der Waals surface area contributed by atoms with Crippen molar-refractivity contribution in [2.75, 3.05) is 11.4 Å². The van der Waals surface area contributed by atoms with Crippen LogP contribution in [0.5, 0.6) is 0 Å². The van der Waals surface area contributed by atoms with Gasteiger partial charge in [0.05, 0.1) is 19.2 Å². The van der Waals surface area contributed by atoms with Crippen molar-refractivity contribution in [1.29, 1.82) is 0 Å². The first-order valence-electron chi connectivity index (χ1n) is 8.23. The fourth-order valence-electron chi connectivity index (χ4n) is 3.30. The molecule has 0 aliphatic carbocycles. The number of nitrogens with zero attached hydrogens (tertiary/aromatic N) is 4. The molecule has 0 saturated carbocycles. The van der Waals surface area contributed by atoms with Gasteiger partial charge in [-0.2, -0.15) is 4.98 Å². The molecule has 1 atom stereocenters. The Hall–Kier alpha value is -2.87. The van der Waals surface area contributed by atoms with E-state index in [1.54, 1.807) is 11.6 Å². The minimum Gasteiger partial charge on any atom is -0.389 e. The molecule has 2 N–H and O–H groups in total. The van der Waals surface area contributed by atoms with Crippen LogP contribution < -0.4 is 16.1 Å². The van der Waals surface area contributed by atoms with Crippen molar-refractivity contribution >= 4 is 22.8 Å². The first kappa shape index (κ1) is 15.6. The molecule has 1 unspecified atom stereocenters. The monoisotopic (exact) mass is 341 g/mol. The van der Waals surface area contributed by atoms with Gasteiger partial charge in [-0.1, -0.05) is 19.1 Å². The van der Waals surface area contributed by atoms with E-state index in [-0.39, 0.29) is 6.54 Å². The maximum Gasteiger partial charge on any atom is 0.329 e. The zero-order chi connectivity index (χ0) is 17.7. The molecule has 4 rings (SSSR count). The summed E-state index contributed by atoms with van der Waals surface area (Å²) in [6.45, 7) is 2.73. The Morgan fingerprint density at radius 3 is 2.64 bits per heavy atom. The molecule has 1 aliphatic heterocycles. The molecule has 8 heteroatoms. The topological polar surface area (TPSA) is 96.2 Å². The Morgan fingerprint density at radius 1 is 1.24 bits per heavy atom. The lowest BCUT2D eigenvalue weighted by molar-refractivity contribution is 0.154. The van der Waals surface area contributed by atoms with E-state index in [1.165, 1.54) is 10.1 Å². The molecule has 1 aromatic carbocycles. The number of benzene rings is 1. The fraction of sp³-hybridized carbons (Fsp3) is 0.353. The number of aromatic nitrogens is 4. The minimum atomic E-state index is -0.646. The van der Waals surface area contributed by atoms with Gasteiger partial charge in [-0.3, -0.25) is 14.3 Å². The van der Waals surface area contributed by atoms with Gasteiger partial charge in [0.1, 0.15) is 0 Å². The highest BCUT2D eigenvalue weighted by atomic mass is 16.3. The van der Waals surface area contributed by atoms with Crippen LogP contribution in [0, 0.1) is 0 Å². The van der Waals surface area contributed by atoms with Crippen LogP contribution in [0.3, 0.4) is 0 Å². The third kappa shape index (κ3) is 2.37. The van der Waals surface area contributed by atoms with Gasteiger partial charge >= 0.3 is 5.69 Å². The Morgan fingerprint density at radius 2 is 1.96 bits per heavy atom. The minimum absolute atomic E-state index is 0.261. The zero-order valence-corrected chi connectivity index (χ0v) is 14.1. The summed E-state index contributed by atoms with van der Waals surface area (Å²) >= 11 is 0. The Kier molecular flexibility index (Phi) is 3.50. The molecule has 0 saturated heterocycles. The van der Waals surface area contributed by atoms with Crippen molar-refractivity contribution in [3.8, 4) is 0 Å². The van der Waals surface area contributed by atoms with Gasteiger partial charge in [0.25, 0.3) is 5.56 Å². The summed E-state index contributed by atoms with van der Waals surface area (Å²) in [6.07, 6.45) is 0.297. The van der Waals surface area contributed by atoms with Crippen LogP contribution in [0.4, 0.5) is 11.6 Å². The van der Waals surface area contributed by atoms with Gasteiger partial charge in [-0.25, -0.2) is 4.79 Å². The number of H-pyrrole nitrogens is 1. The van der Waals surface area contributed by atoms with E-state index >= 15 is 0 Å². The highest BCUT2D eigenvalue weighted by Crippen LogP contribution is 2.31. The number of aliphatic hydroxyl groups is 1. The number of β-amino-alcohol motifs (C(OH)–C–C–N with tert-alkyl or cyclic N) is 1. The smallest absolute Gasteiger partial charge is 0.329 e. The molecule has 130 valence electrons. The predicted octanol–water partition coefficient (Wildman–Crippen LogP) is 0.498. The number of aryl methyl sites for hydroxylation is 2. The van der Waals surface area contributed by atoms with Gasteiger partial charge in [-0.15, -0.1) is 0 Å². The van der Waals surface area contributed by atoms with Crippen LogP contribution >= 0.6 is 0 Å². The lowest BCUT2D eigenvalue weighted by Gasteiger charge is -2.32. The number of nitrogens with one attached hydrogen (secondary N) is 1. The normalized spacial score (nSPS) is 17.1. The van der Waals surface area contributed by atoms with E-state index in [9.17, 15) is 14.7 Å². The summed E-state index contributed by atoms with van der Waals surface area (Å²) in [4.78, 5) is 32.8. The zero-order valence-electron chi connectivity index (χ0n) is 14.1. The first-order valence-corrected chi connectivity index (χ1v) is 8.23. The average Bonchev–Trinajstić information content (AvgIpc) is 2.99. The summed E-state index contributed by atoms with van der Waals surface area (Å²) in [6, 6.07) is 8.02. The van der Waals surface area contributed by atoms with E-state index < -0.39 is 17.4 Å². The largest absolute Gasteiger partial charge is 0.389 e. The lowest BCUT2D eigenvalue weighted by atomic mass is 10.1. The van der Waals surface area contributed by atoms with Crippen molar-refractivity contribution in [3.05, 3.63) is 50.7 Å². The molecule has 0 bridgehead atoms. The second-order valence-electron chi connectivity index (χ2n) is 6.30. The molecular weight excluding hydrogens is 322 g/mol. The van der Waals surface area contributed by atoms with Gasteiger partial charge in [0, 0.05) is 12.7 Å². The van der Waals surface area contributed by atoms with Crippen LogP contribution in [-0.2, 0) is 20.0 Å². The van der Waals surface area contributed by atoms with Crippen LogP contribution in [0.1, 0.15) is 12.5 Å². The molecule has 0 fully saturated rings. The van der Waals surface area contributed by atoms with Crippen LogP contribution in [0.2, 0.25) is 0 Å². The highest BCUT2D eigenvalue weighted by molar-refractivity contribution is 5.77. The molecule has 0 radical (unpaired) electrons. The molecule has 8 nitrogen and oxygen atoms in total. The Balaban J connectivity index is 1.95. The van der Waals surface area contributed by atoms with Crippen molar-refractivity contribution in [2.45, 2.75) is 26.0 Å². The van der Waals surface area contributed by atoms with E-state index in [0.29, 0.717) is 23.7 Å². The summed E-state index contributed by atoms with van der Waals surface area (Å²) < 4.78 is 2.99. The molecule has 3 heterocycles. The summed E-state index contributed by atoms with van der Waals surface area (Å²) in [5.74, 6) is 0.552. The maximum atomic E-state index is 12.3. The molecule has 1 aliphatic rings. The van der Waals surface area contributed by atoms with Gasteiger partial charge in [-0.05, 0) is 24.1 Å². The number of hydrogen-bond donors (Lipinski definition) is 2. The average molecular weight is 341 g/mol. The van der Waals surface area contributed by atoms with Crippen molar-refractivity contribution in [3.63, 3.8) is 0 Å². The van der Waals surface area contributed by atoms with E-state index in [0.717, 1.165) is 12.1 Å². The van der Waals surface area contributed by atoms with Crippen molar-refractivity contribution < 1.29 is 5.11 Å². The molecule has 2 aromatic heterocycles. The summed E-state index contributed by atoms with van der Waals surface area (Å²) in [5.41, 5.74) is 1.71. The Labute approximate surface area is 143 Å². The van der Waals surface area contributed by atoms with Crippen molar-refractivity contribution in [1.82, 2.24) is 19.1 Å². The first-order chi connectivity index (χ1) is 12.0. The molecule has 3 aromatic rings. The van der Waals surface area contributed by atoms with E-state index in [1.807, 2.05) is 29.2 Å². The number of anilines is 2. The number of imidazole rings is 1.